The average molecular weight is 352 g/mol. The molecule has 2 heterocycles. The number of sulfonamides is 1. The number of thiophene rings is 1. The van der Waals surface area contributed by atoms with Gasteiger partial charge >= 0.3 is 0 Å². The lowest BCUT2D eigenvalue weighted by Crippen LogP contribution is -2.43. The van der Waals surface area contributed by atoms with Gasteiger partial charge in [0.05, 0.1) is 0 Å². The number of hydrogen-bond acceptors (Lipinski definition) is 3. The molecule has 0 radical (unpaired) electrons. The summed E-state index contributed by atoms with van der Waals surface area (Å²) in [4.78, 5) is 1.04. The monoisotopic (exact) mass is 351 g/mol. The number of alkyl halides is 1. The Balaban J connectivity index is 2.27. The fourth-order valence-corrected chi connectivity index (χ4v) is 6.04. The van der Waals surface area contributed by atoms with Crippen LogP contribution in [0.2, 0.25) is 0 Å². The van der Waals surface area contributed by atoms with Gasteiger partial charge < -0.3 is 0 Å². The number of hydrogen-bond donors (Lipinski definition) is 0. The SMILES string of the molecule is Cc1ccc(S(=O)(=O)N2CCCCC2CCBr)s1. The minimum absolute atomic E-state index is 0.158. The maximum absolute atomic E-state index is 12.6. The van der Waals surface area contributed by atoms with E-state index in [0.29, 0.717) is 10.8 Å². The smallest absolute Gasteiger partial charge is 0.206 e. The highest BCUT2D eigenvalue weighted by Crippen LogP contribution is 2.30. The summed E-state index contributed by atoms with van der Waals surface area (Å²) in [6.07, 6.45) is 3.98. The van der Waals surface area contributed by atoms with E-state index in [9.17, 15) is 8.42 Å². The van der Waals surface area contributed by atoms with Gasteiger partial charge in [-0.05, 0) is 38.3 Å². The van der Waals surface area contributed by atoms with E-state index < -0.39 is 10.0 Å². The number of halogens is 1. The van der Waals surface area contributed by atoms with Crippen molar-refractivity contribution in [1.29, 1.82) is 0 Å². The molecule has 6 heteroatoms. The van der Waals surface area contributed by atoms with E-state index in [-0.39, 0.29) is 6.04 Å². The van der Waals surface area contributed by atoms with Crippen LogP contribution in [-0.4, -0.2) is 30.6 Å². The molecule has 0 bridgehead atoms. The second-order valence-corrected chi connectivity index (χ2v) is 8.81. The van der Waals surface area contributed by atoms with Crippen LogP contribution in [-0.2, 0) is 10.0 Å². The Bertz CT molecular complexity index is 496. The molecule has 0 amide bonds. The Morgan fingerprint density at radius 3 is 2.83 bits per heavy atom. The van der Waals surface area contributed by atoms with Crippen molar-refractivity contribution < 1.29 is 8.42 Å². The molecule has 1 fully saturated rings. The highest BCUT2D eigenvalue weighted by Gasteiger charge is 2.33. The van der Waals surface area contributed by atoms with Crippen molar-refractivity contribution in [3.8, 4) is 0 Å². The highest BCUT2D eigenvalue weighted by molar-refractivity contribution is 9.09. The van der Waals surface area contributed by atoms with Crippen LogP contribution in [0.1, 0.15) is 30.6 Å². The third kappa shape index (κ3) is 2.98. The zero-order valence-corrected chi connectivity index (χ0v) is 13.7. The summed E-state index contributed by atoms with van der Waals surface area (Å²) in [6, 6.07) is 3.77. The largest absolute Gasteiger partial charge is 0.252 e. The van der Waals surface area contributed by atoms with E-state index in [1.54, 1.807) is 10.4 Å². The minimum atomic E-state index is -3.28. The molecule has 18 heavy (non-hydrogen) atoms. The first kappa shape index (κ1) is 14.5. The van der Waals surface area contributed by atoms with E-state index in [1.165, 1.54) is 11.3 Å². The van der Waals surface area contributed by atoms with Gasteiger partial charge in [-0.3, -0.25) is 0 Å². The molecule has 102 valence electrons. The fraction of sp³-hybridized carbons (Fsp3) is 0.667. The molecule has 0 spiro atoms. The van der Waals surface area contributed by atoms with Crippen molar-refractivity contribution in [2.45, 2.75) is 42.9 Å². The zero-order valence-electron chi connectivity index (χ0n) is 10.4. The summed E-state index contributed by atoms with van der Waals surface area (Å²) >= 11 is 4.79. The maximum atomic E-state index is 12.6. The molecule has 1 aromatic heterocycles. The zero-order chi connectivity index (χ0) is 13.2. The van der Waals surface area contributed by atoms with Crippen LogP contribution >= 0.6 is 27.3 Å². The summed E-state index contributed by atoms with van der Waals surface area (Å²) in [5.41, 5.74) is 0. The van der Waals surface area contributed by atoms with Crippen LogP contribution in [0.15, 0.2) is 16.3 Å². The van der Waals surface area contributed by atoms with Crippen molar-refractivity contribution in [2.24, 2.45) is 0 Å². The molecular weight excluding hydrogens is 334 g/mol. The Hall–Kier alpha value is 0.0900. The van der Waals surface area contributed by atoms with Gasteiger partial charge in [-0.15, -0.1) is 11.3 Å². The third-order valence-corrected chi connectivity index (χ3v) is 7.17. The Kier molecular flexibility index (Phi) is 4.86. The van der Waals surface area contributed by atoms with Crippen LogP contribution in [0.3, 0.4) is 0 Å². The molecule has 1 saturated heterocycles. The van der Waals surface area contributed by atoms with Gasteiger partial charge in [0.1, 0.15) is 4.21 Å². The second kappa shape index (κ2) is 6.03. The molecule has 1 aliphatic rings. The van der Waals surface area contributed by atoms with Crippen molar-refractivity contribution in [2.75, 3.05) is 11.9 Å². The standard InChI is InChI=1S/C12H18BrNO2S2/c1-10-5-6-12(17-10)18(15,16)14-9-3-2-4-11(14)7-8-13/h5-6,11H,2-4,7-9H2,1H3. The molecule has 1 aromatic rings. The number of rotatable bonds is 4. The van der Waals surface area contributed by atoms with Gasteiger partial charge in [0.15, 0.2) is 0 Å². The van der Waals surface area contributed by atoms with E-state index in [4.69, 9.17) is 0 Å². The van der Waals surface area contributed by atoms with Gasteiger partial charge in [0.25, 0.3) is 10.0 Å². The maximum Gasteiger partial charge on any atom is 0.252 e. The first-order valence-corrected chi connectivity index (χ1v) is 9.58. The first-order chi connectivity index (χ1) is 8.55. The summed E-state index contributed by atoms with van der Waals surface area (Å²) in [6.45, 7) is 2.60. The lowest BCUT2D eigenvalue weighted by atomic mass is 10.0. The van der Waals surface area contributed by atoms with Crippen LogP contribution in [0.25, 0.3) is 0 Å². The molecule has 1 unspecified atom stereocenters. The van der Waals surface area contributed by atoms with Crippen LogP contribution < -0.4 is 0 Å². The van der Waals surface area contributed by atoms with E-state index in [1.807, 2.05) is 13.0 Å². The van der Waals surface area contributed by atoms with Gasteiger partial charge in [0, 0.05) is 22.8 Å². The summed E-state index contributed by atoms with van der Waals surface area (Å²) in [5, 5.41) is 0.854. The molecule has 3 nitrogen and oxygen atoms in total. The van der Waals surface area contributed by atoms with E-state index in [2.05, 4.69) is 15.9 Å². The van der Waals surface area contributed by atoms with E-state index >= 15 is 0 Å². The topological polar surface area (TPSA) is 37.4 Å². The molecule has 0 N–H and O–H groups in total. The van der Waals surface area contributed by atoms with Gasteiger partial charge in [-0.2, -0.15) is 4.31 Å². The number of piperidine rings is 1. The Labute approximate surface area is 121 Å². The quantitative estimate of drug-likeness (QED) is 0.779. The lowest BCUT2D eigenvalue weighted by molar-refractivity contribution is 0.248. The Morgan fingerprint density at radius 1 is 1.44 bits per heavy atom. The predicted molar refractivity (Wildman–Crippen MR) is 79.0 cm³/mol. The number of nitrogens with zero attached hydrogens (tertiary/aromatic N) is 1. The number of aryl methyl sites for hydroxylation is 1. The second-order valence-electron chi connectivity index (χ2n) is 4.61. The van der Waals surface area contributed by atoms with Gasteiger partial charge in [0.2, 0.25) is 0 Å². The summed E-state index contributed by atoms with van der Waals surface area (Å²) < 4.78 is 27.4. The fourth-order valence-electron chi connectivity index (χ4n) is 2.37. The predicted octanol–water partition coefficient (Wildman–Crippen LogP) is 3.38. The van der Waals surface area contributed by atoms with Crippen molar-refractivity contribution >= 4 is 37.3 Å². The normalized spacial score (nSPS) is 22.2. The van der Waals surface area contributed by atoms with Crippen LogP contribution in [0.5, 0.6) is 0 Å². The summed E-state index contributed by atoms with van der Waals surface area (Å²) in [7, 11) is -3.28. The molecule has 0 aliphatic carbocycles. The van der Waals surface area contributed by atoms with E-state index in [0.717, 1.165) is 35.9 Å². The van der Waals surface area contributed by atoms with Crippen LogP contribution in [0, 0.1) is 6.92 Å². The summed E-state index contributed by atoms with van der Waals surface area (Å²) in [5.74, 6) is 0. The molecule has 1 aliphatic heterocycles. The Morgan fingerprint density at radius 2 is 2.22 bits per heavy atom. The first-order valence-electron chi connectivity index (χ1n) is 6.20. The van der Waals surface area contributed by atoms with Crippen molar-refractivity contribution in [3.63, 3.8) is 0 Å². The molecule has 0 aromatic carbocycles. The lowest BCUT2D eigenvalue weighted by Gasteiger charge is -2.34. The van der Waals surface area contributed by atoms with Gasteiger partial charge in [-0.25, -0.2) is 8.42 Å². The van der Waals surface area contributed by atoms with Crippen molar-refractivity contribution in [1.82, 2.24) is 4.31 Å². The van der Waals surface area contributed by atoms with Gasteiger partial charge in [-0.1, -0.05) is 22.4 Å². The average Bonchev–Trinajstić information content (AvgIpc) is 2.78. The molecule has 0 saturated carbocycles. The minimum Gasteiger partial charge on any atom is -0.206 e. The molecule has 2 rings (SSSR count). The highest BCUT2D eigenvalue weighted by atomic mass is 79.9. The van der Waals surface area contributed by atoms with Crippen molar-refractivity contribution in [3.05, 3.63) is 17.0 Å². The molecule has 1 atom stereocenters. The van der Waals surface area contributed by atoms with Crippen LogP contribution in [0.4, 0.5) is 0 Å². The third-order valence-electron chi connectivity index (χ3n) is 3.29. The molecular formula is C12H18BrNO2S2.